The Morgan fingerprint density at radius 3 is 2.06 bits per heavy atom. The maximum absolute atomic E-state index is 11.7. The Morgan fingerprint density at radius 1 is 1.17 bits per heavy atom. The number of hydrogen-bond acceptors (Lipinski definition) is 5. The second-order valence-corrected chi connectivity index (χ2v) is 4.63. The molecule has 0 amide bonds. The van der Waals surface area contributed by atoms with Crippen LogP contribution in [0.1, 0.15) is 31.1 Å². The minimum atomic E-state index is -0.976. The number of nitrogens with zero attached hydrogens (tertiary/aromatic N) is 1. The second-order valence-electron chi connectivity index (χ2n) is 4.63. The lowest BCUT2D eigenvalue weighted by Crippen LogP contribution is -2.28. The first-order chi connectivity index (χ1) is 8.20. The van der Waals surface area contributed by atoms with Gasteiger partial charge in [0.15, 0.2) is 0 Å². The smallest absolute Gasteiger partial charge is 0.380 e. The lowest BCUT2D eigenvalue weighted by atomic mass is 10.1. The van der Waals surface area contributed by atoms with Gasteiger partial charge in [-0.05, 0) is 32.9 Å². The molecule has 6 nitrogen and oxygen atoms in total. The number of esters is 1. The molecule has 0 N–H and O–H groups in total. The number of nitro benzene ring substituents is 1. The third-order valence-corrected chi connectivity index (χ3v) is 1.92. The number of carbonyl (C=O) groups excluding carboxylic acids is 2. The number of nitro groups is 1. The normalized spacial score (nSPS) is 10.8. The molecule has 0 atom stereocenters. The summed E-state index contributed by atoms with van der Waals surface area (Å²) in [4.78, 5) is 33.0. The predicted octanol–water partition coefficient (Wildman–Crippen LogP) is 2.12. The highest BCUT2D eigenvalue weighted by atomic mass is 16.6. The first-order valence-electron chi connectivity index (χ1n) is 5.23. The van der Waals surface area contributed by atoms with Crippen molar-refractivity contribution < 1.29 is 19.2 Å². The molecule has 0 radical (unpaired) electrons. The van der Waals surface area contributed by atoms with Crippen LogP contribution >= 0.6 is 0 Å². The molecule has 0 bridgehead atoms. The van der Waals surface area contributed by atoms with Crippen LogP contribution in [0.25, 0.3) is 0 Å². The summed E-state index contributed by atoms with van der Waals surface area (Å²) in [6.07, 6.45) is 0. The van der Waals surface area contributed by atoms with Gasteiger partial charge < -0.3 is 4.74 Å². The van der Waals surface area contributed by atoms with E-state index < -0.39 is 22.3 Å². The highest BCUT2D eigenvalue weighted by Gasteiger charge is 2.24. The van der Waals surface area contributed by atoms with E-state index in [0.717, 1.165) is 12.1 Å². The van der Waals surface area contributed by atoms with Crippen molar-refractivity contribution in [2.45, 2.75) is 26.4 Å². The fraction of sp³-hybridized carbons (Fsp3) is 0.333. The molecule has 0 unspecified atom stereocenters. The van der Waals surface area contributed by atoms with Gasteiger partial charge in [0, 0.05) is 17.7 Å². The molecule has 1 rings (SSSR count). The second kappa shape index (κ2) is 4.95. The summed E-state index contributed by atoms with van der Waals surface area (Å²) in [5.41, 5.74) is -0.835. The van der Waals surface area contributed by atoms with Gasteiger partial charge in [-0.1, -0.05) is 0 Å². The number of Topliss-reactive ketones (excluding diaryl/α,β-unsaturated/α-hetero) is 1. The first-order valence-corrected chi connectivity index (χ1v) is 5.23. The van der Waals surface area contributed by atoms with Crippen LogP contribution < -0.4 is 0 Å². The molecule has 1 aromatic carbocycles. The van der Waals surface area contributed by atoms with E-state index >= 15 is 0 Å². The summed E-state index contributed by atoms with van der Waals surface area (Å²) >= 11 is 0. The maximum atomic E-state index is 11.7. The van der Waals surface area contributed by atoms with Crippen molar-refractivity contribution in [3.63, 3.8) is 0 Å². The molecule has 0 aliphatic carbocycles. The van der Waals surface area contributed by atoms with Crippen molar-refractivity contribution in [2.75, 3.05) is 0 Å². The standard InChI is InChI=1S/C12H13NO5/c1-12(2,3)18-11(15)10(14)8-4-6-9(7-5-8)13(16)17/h4-7H,1-3H3. The molecular formula is C12H13NO5. The van der Waals surface area contributed by atoms with Gasteiger partial charge in [0.1, 0.15) is 5.60 Å². The number of ether oxygens (including phenoxy) is 1. The third-order valence-electron chi connectivity index (χ3n) is 1.92. The Morgan fingerprint density at radius 2 is 1.67 bits per heavy atom. The number of non-ortho nitro benzene ring substituents is 1. The Labute approximate surface area is 104 Å². The largest absolute Gasteiger partial charge is 0.454 e. The van der Waals surface area contributed by atoms with Crippen LogP contribution in [0.4, 0.5) is 5.69 Å². The maximum Gasteiger partial charge on any atom is 0.380 e. The minimum Gasteiger partial charge on any atom is -0.454 e. The van der Waals surface area contributed by atoms with Gasteiger partial charge in [-0.3, -0.25) is 14.9 Å². The highest BCUT2D eigenvalue weighted by Crippen LogP contribution is 2.14. The molecule has 1 aromatic rings. The molecule has 0 spiro atoms. The van der Waals surface area contributed by atoms with Crippen LogP contribution in [0.5, 0.6) is 0 Å². The zero-order valence-electron chi connectivity index (χ0n) is 10.3. The van der Waals surface area contributed by atoms with Gasteiger partial charge in [-0.25, -0.2) is 4.79 Å². The topological polar surface area (TPSA) is 86.5 Å². The van der Waals surface area contributed by atoms with Crippen molar-refractivity contribution in [1.29, 1.82) is 0 Å². The van der Waals surface area contributed by atoms with E-state index in [1.165, 1.54) is 12.1 Å². The summed E-state index contributed by atoms with van der Waals surface area (Å²) in [5.74, 6) is -1.80. The number of carbonyl (C=O) groups is 2. The highest BCUT2D eigenvalue weighted by molar-refractivity contribution is 6.40. The van der Waals surface area contributed by atoms with E-state index in [9.17, 15) is 19.7 Å². The van der Waals surface area contributed by atoms with Crippen molar-refractivity contribution >= 4 is 17.4 Å². The van der Waals surface area contributed by atoms with E-state index in [4.69, 9.17) is 4.74 Å². The lowest BCUT2D eigenvalue weighted by molar-refractivity contribution is -0.384. The number of benzene rings is 1. The van der Waals surface area contributed by atoms with Gasteiger partial charge in [0.2, 0.25) is 0 Å². The molecule has 0 saturated heterocycles. The predicted molar refractivity (Wildman–Crippen MR) is 63.3 cm³/mol. The molecule has 0 saturated carbocycles. The van der Waals surface area contributed by atoms with Gasteiger partial charge >= 0.3 is 5.97 Å². The fourth-order valence-electron chi connectivity index (χ4n) is 1.18. The van der Waals surface area contributed by atoms with Crippen LogP contribution in [0.2, 0.25) is 0 Å². The van der Waals surface area contributed by atoms with Gasteiger partial charge in [-0.2, -0.15) is 0 Å². The van der Waals surface area contributed by atoms with E-state index in [1.807, 2.05) is 0 Å². The van der Waals surface area contributed by atoms with Crippen LogP contribution in [0, 0.1) is 10.1 Å². The number of rotatable bonds is 3. The quantitative estimate of drug-likeness (QED) is 0.270. The Balaban J connectivity index is 2.85. The summed E-state index contributed by atoms with van der Waals surface area (Å²) in [7, 11) is 0. The Hall–Kier alpha value is -2.24. The first kappa shape index (κ1) is 13.8. The summed E-state index contributed by atoms with van der Waals surface area (Å²) < 4.78 is 4.91. The number of hydrogen-bond donors (Lipinski definition) is 0. The van der Waals surface area contributed by atoms with Crippen molar-refractivity contribution in [3.05, 3.63) is 39.9 Å². The lowest BCUT2D eigenvalue weighted by Gasteiger charge is -2.18. The molecule has 0 aliphatic heterocycles. The average Bonchev–Trinajstić information content (AvgIpc) is 2.26. The Kier molecular flexibility index (Phi) is 3.80. The minimum absolute atomic E-state index is 0.0647. The molecule has 0 heterocycles. The van der Waals surface area contributed by atoms with E-state index in [-0.39, 0.29) is 11.3 Å². The van der Waals surface area contributed by atoms with Crippen molar-refractivity contribution in [1.82, 2.24) is 0 Å². The fourth-order valence-corrected chi connectivity index (χ4v) is 1.18. The zero-order chi connectivity index (χ0) is 13.9. The monoisotopic (exact) mass is 251 g/mol. The molecule has 96 valence electrons. The molecule has 6 heteroatoms. The van der Waals surface area contributed by atoms with Crippen LogP contribution in [0.15, 0.2) is 24.3 Å². The molecular weight excluding hydrogens is 238 g/mol. The van der Waals surface area contributed by atoms with Crippen LogP contribution in [0.3, 0.4) is 0 Å². The summed E-state index contributed by atoms with van der Waals surface area (Å²) in [5, 5.41) is 10.4. The molecule has 0 aromatic heterocycles. The van der Waals surface area contributed by atoms with Crippen LogP contribution in [-0.2, 0) is 9.53 Å². The van der Waals surface area contributed by atoms with Gasteiger partial charge in [-0.15, -0.1) is 0 Å². The van der Waals surface area contributed by atoms with E-state index in [0.29, 0.717) is 0 Å². The van der Waals surface area contributed by atoms with E-state index in [2.05, 4.69) is 0 Å². The average molecular weight is 251 g/mol. The number of ketones is 1. The zero-order valence-corrected chi connectivity index (χ0v) is 10.3. The Bertz CT molecular complexity index is 484. The van der Waals surface area contributed by atoms with Crippen LogP contribution in [-0.4, -0.2) is 22.3 Å². The third kappa shape index (κ3) is 3.65. The van der Waals surface area contributed by atoms with Crippen molar-refractivity contribution in [2.24, 2.45) is 0 Å². The summed E-state index contributed by atoms with van der Waals surface area (Å²) in [6, 6.07) is 4.78. The summed E-state index contributed by atoms with van der Waals surface area (Å²) in [6.45, 7) is 4.94. The van der Waals surface area contributed by atoms with E-state index in [1.54, 1.807) is 20.8 Å². The molecule has 0 aliphatic rings. The van der Waals surface area contributed by atoms with Crippen molar-refractivity contribution in [3.8, 4) is 0 Å². The molecule has 18 heavy (non-hydrogen) atoms. The van der Waals surface area contributed by atoms with Gasteiger partial charge in [0.05, 0.1) is 4.92 Å². The molecule has 0 fully saturated rings. The van der Waals surface area contributed by atoms with Gasteiger partial charge in [0.25, 0.3) is 11.5 Å². The SMILES string of the molecule is CC(C)(C)OC(=O)C(=O)c1ccc([N+](=O)[O-])cc1.